The second-order valence-electron chi connectivity index (χ2n) is 8.45. The van der Waals surface area contributed by atoms with E-state index in [9.17, 15) is 14.4 Å². The first-order valence-corrected chi connectivity index (χ1v) is 10.6. The minimum Gasteiger partial charge on any atom is -0.482 e. The maximum absolute atomic E-state index is 13.7. The zero-order valence-electron chi connectivity index (χ0n) is 17.0. The van der Waals surface area contributed by atoms with Crippen molar-refractivity contribution < 1.29 is 24.2 Å². The number of nitrogens with zero attached hydrogens (tertiary/aromatic N) is 1. The smallest absolute Gasteiger partial charge is 0.341 e. The van der Waals surface area contributed by atoms with Crippen LogP contribution in [0.3, 0.4) is 0 Å². The first-order valence-electron chi connectivity index (χ1n) is 10.6. The highest BCUT2D eigenvalue weighted by Gasteiger charge is 2.61. The quantitative estimate of drug-likeness (QED) is 0.647. The highest BCUT2D eigenvalue weighted by Crippen LogP contribution is 2.61. The van der Waals surface area contributed by atoms with Gasteiger partial charge >= 0.3 is 5.97 Å². The molecule has 0 spiro atoms. The maximum atomic E-state index is 13.7. The molecule has 0 aromatic heterocycles. The number of carboxylic acid groups (broad SMARTS) is 1. The number of anilines is 1. The van der Waals surface area contributed by atoms with E-state index < -0.39 is 24.4 Å². The molecule has 2 amide bonds. The predicted octanol–water partition coefficient (Wildman–Crippen LogP) is 3.55. The molecule has 2 unspecified atom stereocenters. The second-order valence-corrected chi connectivity index (χ2v) is 8.45. The molecule has 2 atom stereocenters. The van der Waals surface area contributed by atoms with Crippen LogP contribution in [0.1, 0.15) is 34.1 Å². The largest absolute Gasteiger partial charge is 0.482 e. The number of hydrogen-bond donors (Lipinski definition) is 1. The molecule has 3 aliphatic carbocycles. The van der Waals surface area contributed by atoms with Crippen molar-refractivity contribution in [2.24, 2.45) is 11.8 Å². The molecule has 7 rings (SSSR count). The third-order valence-electron chi connectivity index (χ3n) is 6.91. The van der Waals surface area contributed by atoms with E-state index in [4.69, 9.17) is 9.84 Å². The lowest BCUT2D eigenvalue weighted by atomic mass is 9.55. The highest BCUT2D eigenvalue weighted by atomic mass is 16.5. The van der Waals surface area contributed by atoms with E-state index in [1.54, 1.807) is 24.3 Å². The lowest BCUT2D eigenvalue weighted by Gasteiger charge is -2.45. The maximum Gasteiger partial charge on any atom is 0.341 e. The van der Waals surface area contributed by atoms with E-state index in [-0.39, 0.29) is 23.7 Å². The van der Waals surface area contributed by atoms with Crippen molar-refractivity contribution in [3.8, 4) is 5.75 Å². The lowest BCUT2D eigenvalue weighted by molar-refractivity contribution is -0.139. The van der Waals surface area contributed by atoms with Crippen LogP contribution >= 0.6 is 0 Å². The Morgan fingerprint density at radius 3 is 1.59 bits per heavy atom. The van der Waals surface area contributed by atoms with Gasteiger partial charge in [-0.25, -0.2) is 9.69 Å². The van der Waals surface area contributed by atoms with E-state index >= 15 is 0 Å². The Kier molecular flexibility index (Phi) is 3.99. The van der Waals surface area contributed by atoms with E-state index in [1.807, 2.05) is 24.3 Å². The van der Waals surface area contributed by atoms with Crippen LogP contribution in [0.15, 0.2) is 72.8 Å². The molecular weight excluding hydrogens is 406 g/mol. The molecule has 2 bridgehead atoms. The summed E-state index contributed by atoms with van der Waals surface area (Å²) in [5, 5.41) is 8.77. The third-order valence-corrected chi connectivity index (χ3v) is 6.91. The zero-order valence-corrected chi connectivity index (χ0v) is 17.0. The van der Waals surface area contributed by atoms with E-state index in [0.717, 1.165) is 22.3 Å². The first-order chi connectivity index (χ1) is 15.6. The molecular formula is C26H19NO5. The molecule has 4 aliphatic rings. The van der Waals surface area contributed by atoms with Crippen molar-refractivity contribution in [3.63, 3.8) is 0 Å². The predicted molar refractivity (Wildman–Crippen MR) is 116 cm³/mol. The molecule has 0 saturated carbocycles. The number of benzene rings is 3. The summed E-state index contributed by atoms with van der Waals surface area (Å²) in [6, 6.07) is 22.7. The number of carbonyl (C=O) groups excluding carboxylic acids is 2. The number of imide groups is 1. The topological polar surface area (TPSA) is 83.9 Å². The summed E-state index contributed by atoms with van der Waals surface area (Å²) >= 11 is 0. The molecule has 1 saturated heterocycles. The summed E-state index contributed by atoms with van der Waals surface area (Å²) in [5.74, 6) is -2.21. The van der Waals surface area contributed by atoms with Crippen LogP contribution in [0.25, 0.3) is 0 Å². The van der Waals surface area contributed by atoms with Crippen molar-refractivity contribution in [2.75, 3.05) is 11.5 Å². The Morgan fingerprint density at radius 1 is 0.750 bits per heavy atom. The van der Waals surface area contributed by atoms with E-state index in [2.05, 4.69) is 24.3 Å². The first kappa shape index (κ1) is 18.8. The van der Waals surface area contributed by atoms with Crippen molar-refractivity contribution in [2.45, 2.75) is 11.8 Å². The van der Waals surface area contributed by atoms with Crippen LogP contribution in [0, 0.1) is 11.8 Å². The molecule has 0 radical (unpaired) electrons. The summed E-state index contributed by atoms with van der Waals surface area (Å²) in [4.78, 5) is 39.3. The van der Waals surface area contributed by atoms with Crippen LogP contribution < -0.4 is 9.64 Å². The third kappa shape index (κ3) is 2.49. The van der Waals surface area contributed by atoms with Crippen LogP contribution in [-0.4, -0.2) is 29.5 Å². The minimum atomic E-state index is -1.07. The Labute approximate surface area is 184 Å². The summed E-state index contributed by atoms with van der Waals surface area (Å²) in [6.45, 7) is -0.453. The fourth-order valence-corrected chi connectivity index (χ4v) is 5.77. The van der Waals surface area contributed by atoms with Crippen molar-refractivity contribution in [1.29, 1.82) is 0 Å². The lowest BCUT2D eigenvalue weighted by Crippen LogP contribution is -2.41. The van der Waals surface area contributed by atoms with Gasteiger partial charge in [0.05, 0.1) is 17.5 Å². The molecule has 158 valence electrons. The molecule has 3 aromatic rings. The normalized spacial score (nSPS) is 24.7. The molecule has 6 nitrogen and oxygen atoms in total. The minimum absolute atomic E-state index is 0.142. The van der Waals surface area contributed by atoms with E-state index in [1.165, 1.54) is 4.90 Å². The average Bonchev–Trinajstić information content (AvgIpc) is 3.09. The van der Waals surface area contributed by atoms with Gasteiger partial charge in [-0.1, -0.05) is 48.5 Å². The van der Waals surface area contributed by atoms with Crippen LogP contribution in [-0.2, 0) is 14.4 Å². The van der Waals surface area contributed by atoms with Gasteiger partial charge in [0.15, 0.2) is 6.61 Å². The van der Waals surface area contributed by atoms with Gasteiger partial charge in [-0.2, -0.15) is 0 Å². The number of carboxylic acids is 1. The fraction of sp³-hybridized carbons (Fsp3) is 0.192. The number of ether oxygens (including phenoxy) is 1. The molecule has 6 heteroatoms. The van der Waals surface area contributed by atoms with Crippen LogP contribution in [0.2, 0.25) is 0 Å². The standard InChI is InChI=1S/C26H19NO5/c28-20(29)13-32-15-11-9-14(10-12-15)27-25(30)23-21-16-5-1-2-6-17(16)22(24(23)26(27)31)19-8-4-3-7-18(19)21/h1-12,21-24H,13H2,(H,28,29). The number of hydrogen-bond acceptors (Lipinski definition) is 4. The monoisotopic (exact) mass is 425 g/mol. The van der Waals surface area contributed by atoms with Crippen LogP contribution in [0.5, 0.6) is 5.75 Å². The summed E-state index contributed by atoms with van der Waals surface area (Å²) in [6.07, 6.45) is 0. The number of rotatable bonds is 4. The fourth-order valence-electron chi connectivity index (χ4n) is 5.77. The summed E-state index contributed by atoms with van der Waals surface area (Å²) in [5.41, 5.74) is 5.02. The second kappa shape index (κ2) is 6.79. The average molecular weight is 425 g/mol. The Bertz CT molecular complexity index is 1170. The molecule has 1 N–H and O–H groups in total. The van der Waals surface area contributed by atoms with Gasteiger partial charge in [0, 0.05) is 11.8 Å². The molecule has 1 heterocycles. The van der Waals surface area contributed by atoms with Gasteiger partial charge in [0.2, 0.25) is 11.8 Å². The molecule has 1 aliphatic heterocycles. The van der Waals surface area contributed by atoms with Crippen molar-refractivity contribution in [3.05, 3.63) is 95.1 Å². The summed E-state index contributed by atoms with van der Waals surface area (Å²) in [7, 11) is 0. The number of aliphatic carboxylic acids is 1. The molecule has 32 heavy (non-hydrogen) atoms. The van der Waals surface area contributed by atoms with Gasteiger partial charge < -0.3 is 9.84 Å². The van der Waals surface area contributed by atoms with E-state index in [0.29, 0.717) is 11.4 Å². The Balaban J connectivity index is 1.41. The SMILES string of the molecule is O=C(O)COc1ccc(N2C(=O)C3C4c5ccccc5C(c5ccccc54)C3C2=O)cc1. The molecule has 1 fully saturated rings. The Hall–Kier alpha value is -3.93. The van der Waals surface area contributed by atoms with Crippen molar-refractivity contribution in [1.82, 2.24) is 0 Å². The van der Waals surface area contributed by atoms with Gasteiger partial charge in [-0.3, -0.25) is 9.59 Å². The number of amides is 2. The summed E-state index contributed by atoms with van der Waals surface area (Å²) < 4.78 is 5.17. The molecule has 3 aromatic carbocycles. The van der Waals surface area contributed by atoms with Gasteiger partial charge in [-0.05, 0) is 46.5 Å². The van der Waals surface area contributed by atoms with Gasteiger partial charge in [-0.15, -0.1) is 0 Å². The van der Waals surface area contributed by atoms with Gasteiger partial charge in [0.25, 0.3) is 0 Å². The number of carbonyl (C=O) groups is 3. The highest BCUT2D eigenvalue weighted by molar-refractivity contribution is 6.23. The van der Waals surface area contributed by atoms with Crippen molar-refractivity contribution >= 4 is 23.5 Å². The zero-order chi connectivity index (χ0) is 22.0. The van der Waals surface area contributed by atoms with Crippen LogP contribution in [0.4, 0.5) is 5.69 Å². The van der Waals surface area contributed by atoms with Gasteiger partial charge in [0.1, 0.15) is 5.75 Å². The Morgan fingerprint density at radius 2 is 1.19 bits per heavy atom.